The van der Waals surface area contributed by atoms with Crippen molar-refractivity contribution in [2.75, 3.05) is 5.84 Å². The fourth-order valence-electron chi connectivity index (χ4n) is 1.98. The van der Waals surface area contributed by atoms with Crippen molar-refractivity contribution >= 4 is 17.7 Å². The molecule has 0 fully saturated rings. The van der Waals surface area contributed by atoms with Crippen LogP contribution in [0.4, 0.5) is 4.39 Å². The topological polar surface area (TPSA) is 85.8 Å². The Hall–Kier alpha value is -2.09. The van der Waals surface area contributed by atoms with E-state index < -0.39 is 0 Å². The predicted molar refractivity (Wildman–Crippen MR) is 92.6 cm³/mol. The molecule has 0 saturated heterocycles. The third kappa shape index (κ3) is 4.95. The Morgan fingerprint density at radius 3 is 2.54 bits per heavy atom. The quantitative estimate of drug-likeness (QED) is 0.636. The molecule has 0 radical (unpaired) electrons. The molecular weight excluding hydrogens is 329 g/mol. The number of nitrogen functional groups attached to an aromatic ring is 1. The number of aromatic nitrogens is 3. The Morgan fingerprint density at radius 2 is 1.96 bits per heavy atom. The molecule has 8 heteroatoms. The number of nitrogens with one attached hydrogen (secondary N) is 1. The summed E-state index contributed by atoms with van der Waals surface area (Å²) in [6.45, 7) is 7.57. The predicted octanol–water partition coefficient (Wildman–Crippen LogP) is 2.12. The van der Waals surface area contributed by atoms with Crippen LogP contribution < -0.4 is 11.2 Å². The van der Waals surface area contributed by atoms with Crippen molar-refractivity contribution in [3.63, 3.8) is 0 Å². The third-order valence-electron chi connectivity index (χ3n) is 3.16. The van der Waals surface area contributed by atoms with E-state index in [9.17, 15) is 9.18 Å². The lowest BCUT2D eigenvalue weighted by atomic mass is 10.1. The van der Waals surface area contributed by atoms with Crippen molar-refractivity contribution in [1.29, 1.82) is 0 Å². The highest BCUT2D eigenvalue weighted by atomic mass is 32.2. The number of nitrogens with zero attached hydrogens (tertiary/aromatic N) is 3. The van der Waals surface area contributed by atoms with Gasteiger partial charge in [-0.25, -0.2) is 9.07 Å². The van der Waals surface area contributed by atoms with Gasteiger partial charge in [0.2, 0.25) is 11.1 Å². The Morgan fingerprint density at radius 1 is 1.33 bits per heavy atom. The zero-order valence-corrected chi connectivity index (χ0v) is 15.0. The second kappa shape index (κ2) is 7.21. The van der Waals surface area contributed by atoms with Crippen LogP contribution in [0.2, 0.25) is 0 Å². The van der Waals surface area contributed by atoms with E-state index in [4.69, 9.17) is 5.84 Å². The number of carbonyl (C=O) groups is 1. The molecule has 1 aromatic carbocycles. The number of halogens is 1. The van der Waals surface area contributed by atoms with Crippen LogP contribution in [0.3, 0.4) is 0 Å². The first-order chi connectivity index (χ1) is 11.2. The molecule has 0 spiro atoms. The smallest absolute Gasteiger partial charge is 0.233 e. The first-order valence-corrected chi connectivity index (χ1v) is 8.46. The lowest BCUT2D eigenvalue weighted by Crippen LogP contribution is -2.44. The molecule has 24 heavy (non-hydrogen) atoms. The van der Waals surface area contributed by atoms with Crippen LogP contribution in [0.25, 0.3) is 0 Å². The summed E-state index contributed by atoms with van der Waals surface area (Å²) in [5.74, 6) is 6.19. The summed E-state index contributed by atoms with van der Waals surface area (Å²) in [4.78, 5) is 12.1. The average molecular weight is 351 g/mol. The molecule has 2 aromatic rings. The summed E-state index contributed by atoms with van der Waals surface area (Å²) in [5, 5.41) is 11.1. The average Bonchev–Trinajstić information content (AvgIpc) is 2.81. The number of benzene rings is 1. The second-order valence-corrected chi connectivity index (χ2v) is 7.88. The lowest BCUT2D eigenvalue weighted by molar-refractivity contribution is -0.121. The van der Waals surface area contributed by atoms with E-state index in [1.54, 1.807) is 19.1 Å². The summed E-state index contributed by atoms with van der Waals surface area (Å²) in [6.07, 6.45) is 0.437. The molecule has 2 rings (SSSR count). The Kier molecular flexibility index (Phi) is 5.48. The van der Waals surface area contributed by atoms with Gasteiger partial charge in [0, 0.05) is 12.0 Å². The molecule has 130 valence electrons. The molecule has 0 unspecified atom stereocenters. The summed E-state index contributed by atoms with van der Waals surface area (Å²) in [6, 6.07) is 6.13. The summed E-state index contributed by atoms with van der Waals surface area (Å²) < 4.78 is 14.3. The molecule has 0 saturated carbocycles. The largest absolute Gasteiger partial charge is 0.351 e. The van der Waals surface area contributed by atoms with E-state index in [0.29, 0.717) is 17.4 Å². The number of hydrogen-bond acceptors (Lipinski definition) is 5. The molecule has 6 nitrogen and oxygen atoms in total. The minimum atomic E-state index is -0.352. The normalized spacial score (nSPS) is 12.9. The van der Waals surface area contributed by atoms with Crippen molar-refractivity contribution in [1.82, 2.24) is 20.2 Å². The standard InChI is InChI=1S/C16H22FN5OS/c1-10(14(23)19-16(2,3)4)24-15-21-20-13(22(15)18)9-11-5-7-12(17)8-6-11/h5-8,10H,9,18H2,1-4H3,(H,19,23)/t10-/m0/s1. The summed E-state index contributed by atoms with van der Waals surface area (Å²) in [5.41, 5.74) is 0.585. The van der Waals surface area contributed by atoms with E-state index in [1.807, 2.05) is 20.8 Å². The Balaban J connectivity index is 2.04. The minimum Gasteiger partial charge on any atom is -0.351 e. The van der Waals surface area contributed by atoms with Crippen molar-refractivity contribution < 1.29 is 9.18 Å². The van der Waals surface area contributed by atoms with Gasteiger partial charge in [-0.2, -0.15) is 0 Å². The van der Waals surface area contributed by atoms with Crippen LogP contribution in [-0.4, -0.2) is 31.6 Å². The second-order valence-electron chi connectivity index (χ2n) is 6.57. The SMILES string of the molecule is C[C@H](Sc1nnc(Cc2ccc(F)cc2)n1N)C(=O)NC(C)(C)C. The molecule has 0 bridgehead atoms. The maximum atomic E-state index is 12.9. The number of carbonyl (C=O) groups excluding carboxylic acids is 1. The molecular formula is C16H22FN5OS. The van der Waals surface area contributed by atoms with Gasteiger partial charge < -0.3 is 11.2 Å². The van der Waals surface area contributed by atoms with Crippen LogP contribution in [0.1, 0.15) is 39.1 Å². The molecule has 1 atom stereocenters. The van der Waals surface area contributed by atoms with Crippen molar-refractivity contribution in [3.8, 4) is 0 Å². The molecule has 3 N–H and O–H groups in total. The maximum Gasteiger partial charge on any atom is 0.233 e. The van der Waals surface area contributed by atoms with Crippen molar-refractivity contribution in [2.45, 2.75) is 50.1 Å². The van der Waals surface area contributed by atoms with E-state index in [0.717, 1.165) is 5.56 Å². The number of amides is 1. The van der Waals surface area contributed by atoms with Gasteiger partial charge in [0.05, 0.1) is 5.25 Å². The molecule has 1 heterocycles. The van der Waals surface area contributed by atoms with Crippen LogP contribution >= 0.6 is 11.8 Å². The van der Waals surface area contributed by atoms with Gasteiger partial charge in [0.15, 0.2) is 5.82 Å². The van der Waals surface area contributed by atoms with Crippen LogP contribution in [0.15, 0.2) is 29.4 Å². The summed E-state index contributed by atoms with van der Waals surface area (Å²) >= 11 is 1.25. The van der Waals surface area contributed by atoms with Gasteiger partial charge in [-0.1, -0.05) is 23.9 Å². The molecule has 0 aliphatic heterocycles. The van der Waals surface area contributed by atoms with Gasteiger partial charge in [0.1, 0.15) is 5.82 Å². The Labute approximate surface area is 145 Å². The minimum absolute atomic E-state index is 0.0874. The van der Waals surface area contributed by atoms with E-state index in [1.165, 1.54) is 28.6 Å². The van der Waals surface area contributed by atoms with Crippen LogP contribution in [-0.2, 0) is 11.2 Å². The Bertz CT molecular complexity index is 708. The van der Waals surface area contributed by atoms with Crippen molar-refractivity contribution in [2.24, 2.45) is 0 Å². The molecule has 1 aromatic heterocycles. The third-order valence-corrected chi connectivity index (χ3v) is 4.22. The number of thioether (sulfide) groups is 1. The fraction of sp³-hybridized carbons (Fsp3) is 0.438. The number of nitrogens with two attached hydrogens (primary N) is 1. The first kappa shape index (κ1) is 18.3. The van der Waals surface area contributed by atoms with Gasteiger partial charge in [-0.3, -0.25) is 4.79 Å². The van der Waals surface area contributed by atoms with Gasteiger partial charge in [-0.05, 0) is 45.4 Å². The van der Waals surface area contributed by atoms with Gasteiger partial charge >= 0.3 is 0 Å². The maximum absolute atomic E-state index is 12.9. The lowest BCUT2D eigenvalue weighted by Gasteiger charge is -2.22. The zero-order valence-electron chi connectivity index (χ0n) is 14.2. The first-order valence-electron chi connectivity index (χ1n) is 7.58. The van der Waals surface area contributed by atoms with E-state index in [2.05, 4.69) is 15.5 Å². The van der Waals surface area contributed by atoms with Gasteiger partial charge in [0.25, 0.3) is 0 Å². The molecule has 0 aliphatic carbocycles. The fourth-order valence-corrected chi connectivity index (χ4v) is 2.76. The monoisotopic (exact) mass is 351 g/mol. The molecule has 1 amide bonds. The van der Waals surface area contributed by atoms with Crippen LogP contribution in [0.5, 0.6) is 0 Å². The zero-order chi connectivity index (χ0) is 17.9. The van der Waals surface area contributed by atoms with E-state index in [-0.39, 0.29) is 22.5 Å². The summed E-state index contributed by atoms with van der Waals surface area (Å²) in [7, 11) is 0. The highest BCUT2D eigenvalue weighted by Gasteiger charge is 2.22. The van der Waals surface area contributed by atoms with Crippen LogP contribution in [0, 0.1) is 5.82 Å². The highest BCUT2D eigenvalue weighted by Crippen LogP contribution is 2.22. The van der Waals surface area contributed by atoms with E-state index >= 15 is 0 Å². The highest BCUT2D eigenvalue weighted by molar-refractivity contribution is 8.00. The number of hydrogen-bond donors (Lipinski definition) is 2. The van der Waals surface area contributed by atoms with Gasteiger partial charge in [-0.15, -0.1) is 10.2 Å². The molecule has 0 aliphatic rings. The van der Waals surface area contributed by atoms with Crippen molar-refractivity contribution in [3.05, 3.63) is 41.5 Å². The number of rotatable bonds is 5.